The molecule has 0 aliphatic rings. The molecule has 0 bridgehead atoms. The molecule has 0 saturated heterocycles. The van der Waals surface area contributed by atoms with Crippen LogP contribution in [-0.2, 0) is 19.8 Å². The van der Waals surface area contributed by atoms with E-state index in [1.54, 1.807) is 17.8 Å². The molecular weight excluding hydrogens is 289 g/mol. The molecule has 21 heavy (non-hydrogen) atoms. The van der Waals surface area contributed by atoms with Crippen molar-refractivity contribution in [3.05, 3.63) is 52.1 Å². The van der Waals surface area contributed by atoms with E-state index >= 15 is 0 Å². The number of hydrogen-bond acceptors (Lipinski definition) is 4. The van der Waals surface area contributed by atoms with E-state index in [9.17, 15) is 23.3 Å². The van der Waals surface area contributed by atoms with Gasteiger partial charge in [0.2, 0.25) is 0 Å². The summed E-state index contributed by atoms with van der Waals surface area (Å²) >= 11 is 0. The highest BCUT2D eigenvalue weighted by Gasteiger charge is 2.35. The highest BCUT2D eigenvalue weighted by Crippen LogP contribution is 2.37. The first-order valence-electron chi connectivity index (χ1n) is 5.85. The number of benzene rings is 1. The first-order chi connectivity index (χ1) is 9.79. The predicted octanol–water partition coefficient (Wildman–Crippen LogP) is 2.96. The monoisotopic (exact) mass is 300 g/mol. The van der Waals surface area contributed by atoms with E-state index in [1.807, 2.05) is 0 Å². The van der Waals surface area contributed by atoms with Gasteiger partial charge in [0.25, 0.3) is 5.69 Å². The van der Waals surface area contributed by atoms with Gasteiger partial charge in [-0.25, -0.2) is 4.98 Å². The second kappa shape index (κ2) is 5.43. The number of non-ortho nitro benzene ring substituents is 1. The maximum absolute atomic E-state index is 13.0. The second-order valence-electron chi connectivity index (χ2n) is 4.29. The zero-order valence-corrected chi connectivity index (χ0v) is 10.9. The summed E-state index contributed by atoms with van der Waals surface area (Å²) in [6.07, 6.45) is -1.50. The number of aromatic nitrogens is 2. The zero-order chi connectivity index (χ0) is 15.6. The molecule has 0 atom stereocenters. The lowest BCUT2D eigenvalue weighted by Gasteiger charge is -2.14. The van der Waals surface area contributed by atoms with Gasteiger partial charge >= 0.3 is 6.18 Å². The second-order valence-corrected chi connectivity index (χ2v) is 4.29. The van der Waals surface area contributed by atoms with Crippen LogP contribution >= 0.6 is 0 Å². The minimum absolute atomic E-state index is 0.0738. The minimum Gasteiger partial charge on any atom is -0.377 e. The number of nitrogens with zero attached hydrogens (tertiary/aromatic N) is 3. The summed E-state index contributed by atoms with van der Waals surface area (Å²) in [6.45, 7) is 0.0738. The number of nitro groups is 1. The van der Waals surface area contributed by atoms with Crippen LogP contribution in [0, 0.1) is 10.1 Å². The van der Waals surface area contributed by atoms with Crippen LogP contribution in [-0.4, -0.2) is 14.5 Å². The predicted molar refractivity (Wildman–Crippen MR) is 68.6 cm³/mol. The maximum Gasteiger partial charge on any atom is 0.418 e. The van der Waals surface area contributed by atoms with Crippen LogP contribution in [0.3, 0.4) is 0 Å². The van der Waals surface area contributed by atoms with Gasteiger partial charge in [-0.3, -0.25) is 10.1 Å². The lowest BCUT2D eigenvalue weighted by atomic mass is 10.1. The zero-order valence-electron chi connectivity index (χ0n) is 10.9. The summed E-state index contributed by atoms with van der Waals surface area (Å²) in [4.78, 5) is 13.7. The van der Waals surface area contributed by atoms with E-state index in [4.69, 9.17) is 0 Å². The minimum atomic E-state index is -4.68. The van der Waals surface area contributed by atoms with Gasteiger partial charge in [0, 0.05) is 37.3 Å². The Kier molecular flexibility index (Phi) is 3.83. The normalized spacial score (nSPS) is 11.4. The van der Waals surface area contributed by atoms with E-state index in [1.165, 1.54) is 6.20 Å². The van der Waals surface area contributed by atoms with Crippen LogP contribution in [0.5, 0.6) is 0 Å². The molecule has 0 spiro atoms. The Bertz CT molecular complexity index is 667. The first kappa shape index (κ1) is 14.8. The smallest absolute Gasteiger partial charge is 0.377 e. The van der Waals surface area contributed by atoms with Crippen molar-refractivity contribution in [2.24, 2.45) is 7.05 Å². The molecule has 6 nitrogen and oxygen atoms in total. The Morgan fingerprint density at radius 3 is 2.67 bits per heavy atom. The van der Waals surface area contributed by atoms with Crippen molar-refractivity contribution in [1.82, 2.24) is 9.55 Å². The maximum atomic E-state index is 13.0. The van der Waals surface area contributed by atoms with Gasteiger partial charge in [0.15, 0.2) is 0 Å². The van der Waals surface area contributed by atoms with Gasteiger partial charge in [0.05, 0.1) is 17.0 Å². The summed E-state index contributed by atoms with van der Waals surface area (Å²) in [5, 5.41) is 13.2. The highest BCUT2D eigenvalue weighted by atomic mass is 19.4. The highest BCUT2D eigenvalue weighted by molar-refractivity contribution is 5.57. The number of aryl methyl sites for hydroxylation is 1. The molecule has 1 N–H and O–H groups in total. The Morgan fingerprint density at radius 1 is 1.43 bits per heavy atom. The van der Waals surface area contributed by atoms with Gasteiger partial charge in [-0.1, -0.05) is 0 Å². The van der Waals surface area contributed by atoms with E-state index < -0.39 is 22.4 Å². The largest absolute Gasteiger partial charge is 0.418 e. The number of imidazole rings is 1. The van der Waals surface area contributed by atoms with Crippen molar-refractivity contribution in [3.8, 4) is 0 Å². The topological polar surface area (TPSA) is 73.0 Å². The van der Waals surface area contributed by atoms with E-state index in [-0.39, 0.29) is 12.2 Å². The molecule has 112 valence electrons. The molecule has 1 aromatic carbocycles. The first-order valence-corrected chi connectivity index (χ1v) is 5.85. The molecule has 0 aliphatic heterocycles. The molecule has 0 amide bonds. The summed E-state index contributed by atoms with van der Waals surface area (Å²) in [5.41, 5.74) is -1.91. The third-order valence-corrected chi connectivity index (χ3v) is 2.88. The summed E-state index contributed by atoms with van der Waals surface area (Å²) in [5.74, 6) is 0.543. The van der Waals surface area contributed by atoms with Crippen LogP contribution < -0.4 is 5.32 Å². The van der Waals surface area contributed by atoms with Gasteiger partial charge in [-0.15, -0.1) is 0 Å². The average Bonchev–Trinajstić information content (AvgIpc) is 2.80. The number of anilines is 1. The van der Waals surface area contributed by atoms with Crippen LogP contribution in [0.4, 0.5) is 24.5 Å². The van der Waals surface area contributed by atoms with Crippen LogP contribution in [0.15, 0.2) is 30.6 Å². The molecule has 0 fully saturated rings. The number of halogens is 3. The van der Waals surface area contributed by atoms with Crippen molar-refractivity contribution in [1.29, 1.82) is 0 Å². The molecule has 0 aliphatic carbocycles. The Labute approximate surface area is 117 Å². The Hall–Kier alpha value is -2.58. The standard InChI is InChI=1S/C12H11F3N4O2/c1-18-5-4-16-11(18)7-17-10-3-2-8(19(20)21)6-9(10)12(13,14)15/h2-6,17H,7H2,1H3. The van der Waals surface area contributed by atoms with Gasteiger partial charge in [-0.2, -0.15) is 13.2 Å². The van der Waals surface area contributed by atoms with Crippen molar-refractivity contribution < 1.29 is 18.1 Å². The fraction of sp³-hybridized carbons (Fsp3) is 0.250. The number of rotatable bonds is 4. The van der Waals surface area contributed by atoms with Crippen LogP contribution in [0.1, 0.15) is 11.4 Å². The lowest BCUT2D eigenvalue weighted by Crippen LogP contribution is -2.13. The van der Waals surface area contributed by atoms with Gasteiger partial charge < -0.3 is 9.88 Å². The number of hydrogen-bond donors (Lipinski definition) is 1. The van der Waals surface area contributed by atoms with Gasteiger partial charge in [-0.05, 0) is 6.07 Å². The fourth-order valence-electron chi connectivity index (χ4n) is 1.78. The molecular formula is C12H11F3N4O2. The van der Waals surface area contributed by atoms with E-state index in [0.29, 0.717) is 11.9 Å². The number of alkyl halides is 3. The quantitative estimate of drug-likeness (QED) is 0.696. The lowest BCUT2D eigenvalue weighted by molar-refractivity contribution is -0.385. The Balaban J connectivity index is 2.30. The van der Waals surface area contributed by atoms with Crippen molar-refractivity contribution in [2.75, 3.05) is 5.32 Å². The summed E-state index contributed by atoms with van der Waals surface area (Å²) < 4.78 is 40.5. The molecule has 0 saturated carbocycles. The molecule has 0 radical (unpaired) electrons. The molecule has 1 aromatic heterocycles. The summed E-state index contributed by atoms with van der Waals surface area (Å²) in [6, 6.07) is 2.58. The van der Waals surface area contributed by atoms with Crippen LogP contribution in [0.2, 0.25) is 0 Å². The number of nitrogens with one attached hydrogen (secondary N) is 1. The van der Waals surface area contributed by atoms with Gasteiger partial charge in [0.1, 0.15) is 5.82 Å². The molecule has 2 aromatic rings. The van der Waals surface area contributed by atoms with Crippen molar-refractivity contribution in [3.63, 3.8) is 0 Å². The molecule has 9 heteroatoms. The Morgan fingerprint density at radius 2 is 2.14 bits per heavy atom. The fourth-order valence-corrected chi connectivity index (χ4v) is 1.78. The molecule has 0 unspecified atom stereocenters. The molecule has 2 rings (SSSR count). The third kappa shape index (κ3) is 3.30. The summed E-state index contributed by atoms with van der Waals surface area (Å²) in [7, 11) is 1.71. The van der Waals surface area contributed by atoms with Crippen molar-refractivity contribution >= 4 is 11.4 Å². The molecule has 1 heterocycles. The third-order valence-electron chi connectivity index (χ3n) is 2.88. The van der Waals surface area contributed by atoms with E-state index in [0.717, 1.165) is 12.1 Å². The van der Waals surface area contributed by atoms with Crippen LogP contribution in [0.25, 0.3) is 0 Å². The van der Waals surface area contributed by atoms with Crippen molar-refractivity contribution in [2.45, 2.75) is 12.7 Å². The average molecular weight is 300 g/mol. The van der Waals surface area contributed by atoms with E-state index in [2.05, 4.69) is 10.3 Å². The SMILES string of the molecule is Cn1ccnc1CNc1ccc([N+](=O)[O-])cc1C(F)(F)F. The number of nitro benzene ring substituents is 1.